The molecular formula is C15H21FN2O2S. The minimum atomic E-state index is -3.52. The molecule has 1 aromatic rings. The van der Waals surface area contributed by atoms with Crippen molar-refractivity contribution in [3.05, 3.63) is 29.6 Å². The Labute approximate surface area is 125 Å². The van der Waals surface area contributed by atoms with E-state index in [4.69, 9.17) is 0 Å². The number of aryl methyl sites for hydroxylation is 1. The summed E-state index contributed by atoms with van der Waals surface area (Å²) in [4.78, 5) is 0.227. The minimum Gasteiger partial charge on any atom is -0.316 e. The van der Waals surface area contributed by atoms with E-state index in [1.807, 2.05) is 0 Å². The van der Waals surface area contributed by atoms with Crippen molar-refractivity contribution >= 4 is 10.0 Å². The number of nitrogens with one attached hydrogen (secondary N) is 1. The van der Waals surface area contributed by atoms with Crippen molar-refractivity contribution in [3.63, 3.8) is 0 Å². The zero-order valence-corrected chi connectivity index (χ0v) is 13.0. The van der Waals surface area contributed by atoms with Crippen LogP contribution in [0, 0.1) is 18.2 Å². The lowest BCUT2D eigenvalue weighted by atomic mass is 9.80. The van der Waals surface area contributed by atoms with Gasteiger partial charge in [0.1, 0.15) is 5.82 Å². The monoisotopic (exact) mass is 312 g/mol. The number of sulfonamides is 1. The summed E-state index contributed by atoms with van der Waals surface area (Å²) in [7, 11) is -3.52. The standard InChI is InChI=1S/C15H21FN2O2S/c1-12-9-13(16)3-4-14(12)21(19,20)18-8-6-15(11-18)5-2-7-17-10-15/h3-4,9,17H,2,5-8,10-11H2,1H3/t15-/m0/s1. The Kier molecular flexibility index (Phi) is 3.80. The lowest BCUT2D eigenvalue weighted by Crippen LogP contribution is -2.42. The van der Waals surface area contributed by atoms with Gasteiger partial charge in [0.05, 0.1) is 4.90 Å². The molecule has 3 rings (SSSR count). The van der Waals surface area contributed by atoms with E-state index in [2.05, 4.69) is 5.32 Å². The molecule has 0 radical (unpaired) electrons. The van der Waals surface area contributed by atoms with Gasteiger partial charge in [-0.1, -0.05) is 0 Å². The molecule has 1 atom stereocenters. The number of rotatable bonds is 2. The molecule has 21 heavy (non-hydrogen) atoms. The van der Waals surface area contributed by atoms with Gasteiger partial charge in [-0.25, -0.2) is 12.8 Å². The Morgan fingerprint density at radius 3 is 2.81 bits per heavy atom. The fraction of sp³-hybridized carbons (Fsp3) is 0.600. The van der Waals surface area contributed by atoms with Crippen LogP contribution in [0.3, 0.4) is 0 Å². The molecule has 6 heteroatoms. The molecular weight excluding hydrogens is 291 g/mol. The van der Waals surface area contributed by atoms with Crippen LogP contribution in [0.5, 0.6) is 0 Å². The van der Waals surface area contributed by atoms with E-state index in [1.165, 1.54) is 18.2 Å². The Morgan fingerprint density at radius 2 is 2.14 bits per heavy atom. The van der Waals surface area contributed by atoms with E-state index in [0.29, 0.717) is 18.7 Å². The van der Waals surface area contributed by atoms with Gasteiger partial charge in [-0.05, 0) is 61.9 Å². The van der Waals surface area contributed by atoms with Crippen LogP contribution >= 0.6 is 0 Å². The zero-order chi connectivity index (χ0) is 15.1. The van der Waals surface area contributed by atoms with Crippen molar-refractivity contribution in [2.45, 2.75) is 31.1 Å². The van der Waals surface area contributed by atoms with Crippen molar-refractivity contribution < 1.29 is 12.8 Å². The highest BCUT2D eigenvalue weighted by Gasteiger charge is 2.43. The van der Waals surface area contributed by atoms with Crippen LogP contribution in [-0.2, 0) is 10.0 Å². The summed E-state index contributed by atoms with van der Waals surface area (Å²) < 4.78 is 40.3. The van der Waals surface area contributed by atoms with Crippen molar-refractivity contribution in [2.75, 3.05) is 26.2 Å². The second-order valence-electron chi connectivity index (χ2n) is 6.28. The summed E-state index contributed by atoms with van der Waals surface area (Å²) in [5.41, 5.74) is 0.553. The van der Waals surface area contributed by atoms with E-state index >= 15 is 0 Å². The molecule has 2 saturated heterocycles. The van der Waals surface area contributed by atoms with Crippen molar-refractivity contribution in [3.8, 4) is 0 Å². The topological polar surface area (TPSA) is 49.4 Å². The van der Waals surface area contributed by atoms with Crippen LogP contribution in [-0.4, -0.2) is 38.9 Å². The first-order valence-electron chi connectivity index (χ1n) is 7.40. The lowest BCUT2D eigenvalue weighted by Gasteiger charge is -2.33. The van der Waals surface area contributed by atoms with E-state index in [1.54, 1.807) is 11.2 Å². The van der Waals surface area contributed by atoms with Gasteiger partial charge in [0, 0.05) is 19.6 Å². The van der Waals surface area contributed by atoms with Crippen LogP contribution in [0.4, 0.5) is 4.39 Å². The minimum absolute atomic E-state index is 0.0826. The molecule has 2 aliphatic heterocycles. The van der Waals surface area contributed by atoms with Gasteiger partial charge in [-0.15, -0.1) is 0 Å². The van der Waals surface area contributed by atoms with Gasteiger partial charge < -0.3 is 5.32 Å². The molecule has 0 bridgehead atoms. The zero-order valence-electron chi connectivity index (χ0n) is 12.2. The molecule has 0 unspecified atom stereocenters. The average molecular weight is 312 g/mol. The highest BCUT2D eigenvalue weighted by atomic mass is 32.2. The number of nitrogens with zero attached hydrogens (tertiary/aromatic N) is 1. The molecule has 4 nitrogen and oxygen atoms in total. The van der Waals surface area contributed by atoms with E-state index in [0.717, 1.165) is 32.4 Å². The molecule has 1 aromatic carbocycles. The second-order valence-corrected chi connectivity index (χ2v) is 8.19. The van der Waals surface area contributed by atoms with Crippen LogP contribution in [0.2, 0.25) is 0 Å². The molecule has 0 amide bonds. The van der Waals surface area contributed by atoms with Crippen LogP contribution in [0.1, 0.15) is 24.8 Å². The Hall–Kier alpha value is -0.980. The van der Waals surface area contributed by atoms with Crippen LogP contribution in [0.15, 0.2) is 23.1 Å². The number of piperidine rings is 1. The quantitative estimate of drug-likeness (QED) is 0.907. The van der Waals surface area contributed by atoms with Gasteiger partial charge in [-0.2, -0.15) is 4.31 Å². The Balaban J connectivity index is 1.86. The van der Waals surface area contributed by atoms with Gasteiger partial charge >= 0.3 is 0 Å². The predicted octanol–water partition coefficient (Wildman–Crippen LogP) is 1.90. The maximum atomic E-state index is 13.2. The summed E-state index contributed by atoms with van der Waals surface area (Å²) in [5, 5.41) is 3.38. The highest BCUT2D eigenvalue weighted by molar-refractivity contribution is 7.89. The smallest absolute Gasteiger partial charge is 0.243 e. The number of hydrogen-bond acceptors (Lipinski definition) is 3. The normalized spacial score (nSPS) is 27.3. The predicted molar refractivity (Wildman–Crippen MR) is 79.0 cm³/mol. The van der Waals surface area contributed by atoms with Crippen molar-refractivity contribution in [1.29, 1.82) is 0 Å². The first kappa shape index (κ1) is 14.9. The Morgan fingerprint density at radius 1 is 1.33 bits per heavy atom. The largest absolute Gasteiger partial charge is 0.316 e. The maximum Gasteiger partial charge on any atom is 0.243 e. The van der Waals surface area contributed by atoms with E-state index < -0.39 is 15.8 Å². The van der Waals surface area contributed by atoms with Gasteiger partial charge in [0.15, 0.2) is 0 Å². The van der Waals surface area contributed by atoms with Gasteiger partial charge in [0.25, 0.3) is 0 Å². The first-order valence-corrected chi connectivity index (χ1v) is 8.84. The molecule has 0 aliphatic carbocycles. The van der Waals surface area contributed by atoms with E-state index in [-0.39, 0.29) is 10.3 Å². The highest BCUT2D eigenvalue weighted by Crippen LogP contribution is 2.39. The summed E-state index contributed by atoms with van der Waals surface area (Å²) >= 11 is 0. The summed E-state index contributed by atoms with van der Waals surface area (Å²) in [5.74, 6) is -0.402. The molecule has 2 aliphatic rings. The summed E-state index contributed by atoms with van der Waals surface area (Å²) in [6.07, 6.45) is 3.08. The van der Waals surface area contributed by atoms with Crippen LogP contribution in [0.25, 0.3) is 0 Å². The van der Waals surface area contributed by atoms with Crippen LogP contribution < -0.4 is 5.32 Å². The number of hydrogen-bond donors (Lipinski definition) is 1. The summed E-state index contributed by atoms with van der Waals surface area (Å²) in [6.45, 7) is 4.68. The molecule has 116 valence electrons. The van der Waals surface area contributed by atoms with Crippen molar-refractivity contribution in [2.24, 2.45) is 5.41 Å². The molecule has 1 spiro atoms. The third-order valence-corrected chi connectivity index (χ3v) is 6.72. The maximum absolute atomic E-state index is 13.2. The molecule has 1 N–H and O–H groups in total. The molecule has 0 saturated carbocycles. The third-order valence-electron chi connectivity index (χ3n) is 4.72. The SMILES string of the molecule is Cc1cc(F)ccc1S(=O)(=O)N1CC[C@]2(CCCNC2)C1. The number of halogens is 1. The third kappa shape index (κ3) is 2.72. The first-order chi connectivity index (χ1) is 9.93. The van der Waals surface area contributed by atoms with Crippen molar-refractivity contribution in [1.82, 2.24) is 9.62 Å². The second kappa shape index (κ2) is 5.34. The van der Waals surface area contributed by atoms with E-state index in [9.17, 15) is 12.8 Å². The lowest BCUT2D eigenvalue weighted by molar-refractivity contribution is 0.224. The Bertz CT molecular complexity index is 639. The fourth-order valence-corrected chi connectivity index (χ4v) is 5.28. The number of benzene rings is 1. The molecule has 0 aromatic heterocycles. The molecule has 2 heterocycles. The van der Waals surface area contributed by atoms with Gasteiger partial charge in [0.2, 0.25) is 10.0 Å². The van der Waals surface area contributed by atoms with Gasteiger partial charge in [-0.3, -0.25) is 0 Å². The molecule has 2 fully saturated rings. The fourth-order valence-electron chi connectivity index (χ4n) is 3.52. The summed E-state index contributed by atoms with van der Waals surface area (Å²) in [6, 6.07) is 3.87. The average Bonchev–Trinajstić information content (AvgIpc) is 2.83.